The maximum atomic E-state index is 12.4. The zero-order valence-corrected chi connectivity index (χ0v) is 10.6. The van der Waals surface area contributed by atoms with Crippen LogP contribution in [0.3, 0.4) is 0 Å². The van der Waals surface area contributed by atoms with E-state index in [1.807, 2.05) is 32.0 Å². The normalized spacial score (nSPS) is 10.3. The summed E-state index contributed by atoms with van der Waals surface area (Å²) in [7, 11) is 0. The van der Waals surface area contributed by atoms with E-state index < -0.39 is 0 Å². The number of carbonyl (C=O) groups is 1. The summed E-state index contributed by atoms with van der Waals surface area (Å²) < 4.78 is 0. The largest absolute Gasteiger partial charge is 0.289 e. The van der Waals surface area contributed by atoms with Crippen LogP contribution in [0.25, 0.3) is 0 Å². The SMILES string of the molecule is Cc1cccc(C)c1C(=O)c1ccc(Cl)cc1. The van der Waals surface area contributed by atoms with Gasteiger partial charge in [0.1, 0.15) is 0 Å². The summed E-state index contributed by atoms with van der Waals surface area (Å²) in [5.74, 6) is 0.0530. The number of rotatable bonds is 2. The van der Waals surface area contributed by atoms with Crippen molar-refractivity contribution in [3.05, 3.63) is 69.7 Å². The van der Waals surface area contributed by atoms with Crippen molar-refractivity contribution in [2.75, 3.05) is 0 Å². The highest BCUT2D eigenvalue weighted by Crippen LogP contribution is 2.19. The molecular weight excluding hydrogens is 232 g/mol. The highest BCUT2D eigenvalue weighted by atomic mass is 35.5. The van der Waals surface area contributed by atoms with Crippen LogP contribution in [0, 0.1) is 13.8 Å². The molecule has 0 atom stereocenters. The van der Waals surface area contributed by atoms with Gasteiger partial charge in [-0.3, -0.25) is 4.79 Å². The van der Waals surface area contributed by atoms with Gasteiger partial charge in [-0.2, -0.15) is 0 Å². The van der Waals surface area contributed by atoms with Crippen LogP contribution in [0.1, 0.15) is 27.0 Å². The molecule has 1 nitrogen and oxygen atoms in total. The molecular formula is C15H13ClO. The molecule has 0 heterocycles. The fourth-order valence-corrected chi connectivity index (χ4v) is 2.04. The molecule has 17 heavy (non-hydrogen) atoms. The van der Waals surface area contributed by atoms with Crippen LogP contribution in [0.5, 0.6) is 0 Å². The van der Waals surface area contributed by atoms with Gasteiger partial charge >= 0.3 is 0 Å². The minimum absolute atomic E-state index is 0.0530. The fraction of sp³-hybridized carbons (Fsp3) is 0.133. The Labute approximate surface area is 106 Å². The highest BCUT2D eigenvalue weighted by Gasteiger charge is 2.13. The van der Waals surface area contributed by atoms with E-state index in [1.165, 1.54) is 0 Å². The molecule has 2 rings (SSSR count). The Balaban J connectivity index is 2.47. The first-order valence-corrected chi connectivity index (χ1v) is 5.84. The molecule has 0 fully saturated rings. The van der Waals surface area contributed by atoms with Gasteiger partial charge in [0.15, 0.2) is 5.78 Å². The first kappa shape index (κ1) is 11.9. The first-order valence-electron chi connectivity index (χ1n) is 5.46. The van der Waals surface area contributed by atoms with Crippen LogP contribution in [0.2, 0.25) is 5.02 Å². The standard InChI is InChI=1S/C15H13ClO/c1-10-4-3-5-11(2)14(10)15(17)12-6-8-13(16)9-7-12/h3-9H,1-2H3. The van der Waals surface area contributed by atoms with Crippen LogP contribution in [0.15, 0.2) is 42.5 Å². The molecule has 0 unspecified atom stereocenters. The maximum absolute atomic E-state index is 12.4. The molecule has 0 N–H and O–H groups in total. The van der Waals surface area contributed by atoms with E-state index >= 15 is 0 Å². The molecule has 0 aliphatic heterocycles. The van der Waals surface area contributed by atoms with Gasteiger partial charge in [-0.1, -0.05) is 29.8 Å². The molecule has 0 amide bonds. The molecule has 2 heteroatoms. The Kier molecular flexibility index (Phi) is 3.30. The molecule has 86 valence electrons. The van der Waals surface area contributed by atoms with Crippen molar-refractivity contribution < 1.29 is 4.79 Å². The number of halogens is 1. The topological polar surface area (TPSA) is 17.1 Å². The quantitative estimate of drug-likeness (QED) is 0.724. The van der Waals surface area contributed by atoms with Gasteiger partial charge in [-0.25, -0.2) is 0 Å². The third-order valence-electron chi connectivity index (χ3n) is 2.81. The number of carbonyl (C=O) groups excluding carboxylic acids is 1. The van der Waals surface area contributed by atoms with Crippen LogP contribution in [-0.4, -0.2) is 5.78 Å². The van der Waals surface area contributed by atoms with E-state index in [1.54, 1.807) is 24.3 Å². The van der Waals surface area contributed by atoms with E-state index in [-0.39, 0.29) is 5.78 Å². The molecule has 0 saturated heterocycles. The Hall–Kier alpha value is -1.60. The summed E-state index contributed by atoms with van der Waals surface area (Å²) >= 11 is 5.81. The molecule has 0 radical (unpaired) electrons. The monoisotopic (exact) mass is 244 g/mol. The van der Waals surface area contributed by atoms with Crippen molar-refractivity contribution in [3.8, 4) is 0 Å². The number of hydrogen-bond acceptors (Lipinski definition) is 1. The second-order valence-electron chi connectivity index (χ2n) is 4.10. The van der Waals surface area contributed by atoms with Crippen molar-refractivity contribution >= 4 is 17.4 Å². The number of benzene rings is 2. The Morgan fingerprint density at radius 3 is 2.00 bits per heavy atom. The van der Waals surface area contributed by atoms with E-state index in [4.69, 9.17) is 11.6 Å². The molecule has 0 aliphatic rings. The van der Waals surface area contributed by atoms with Gasteiger partial charge in [-0.05, 0) is 49.2 Å². The minimum atomic E-state index is 0.0530. The predicted molar refractivity (Wildman–Crippen MR) is 70.8 cm³/mol. The zero-order chi connectivity index (χ0) is 12.4. The van der Waals surface area contributed by atoms with Gasteiger partial charge in [-0.15, -0.1) is 0 Å². The van der Waals surface area contributed by atoms with Crippen molar-refractivity contribution in [1.82, 2.24) is 0 Å². The van der Waals surface area contributed by atoms with Gasteiger partial charge in [0.05, 0.1) is 0 Å². The third kappa shape index (κ3) is 2.40. The lowest BCUT2D eigenvalue weighted by Crippen LogP contribution is -2.05. The first-order chi connectivity index (χ1) is 8.09. The van der Waals surface area contributed by atoms with E-state index in [2.05, 4.69) is 0 Å². The second kappa shape index (κ2) is 4.72. The van der Waals surface area contributed by atoms with Crippen molar-refractivity contribution in [2.45, 2.75) is 13.8 Å². The average Bonchev–Trinajstić information content (AvgIpc) is 2.29. The van der Waals surface area contributed by atoms with E-state index in [0.717, 1.165) is 16.7 Å². The lowest BCUT2D eigenvalue weighted by Gasteiger charge is -2.08. The zero-order valence-electron chi connectivity index (χ0n) is 9.83. The maximum Gasteiger partial charge on any atom is 0.193 e. The Morgan fingerprint density at radius 1 is 0.941 bits per heavy atom. The van der Waals surface area contributed by atoms with E-state index in [9.17, 15) is 4.79 Å². The molecule has 0 aromatic heterocycles. The molecule has 0 bridgehead atoms. The summed E-state index contributed by atoms with van der Waals surface area (Å²) in [5, 5.41) is 0.642. The number of hydrogen-bond donors (Lipinski definition) is 0. The van der Waals surface area contributed by atoms with Gasteiger partial charge in [0, 0.05) is 16.1 Å². The summed E-state index contributed by atoms with van der Waals surface area (Å²) in [6, 6.07) is 12.9. The summed E-state index contributed by atoms with van der Waals surface area (Å²) in [4.78, 5) is 12.4. The molecule has 0 aliphatic carbocycles. The van der Waals surface area contributed by atoms with Gasteiger partial charge in [0.2, 0.25) is 0 Å². The highest BCUT2D eigenvalue weighted by molar-refractivity contribution is 6.30. The molecule has 2 aromatic carbocycles. The van der Waals surface area contributed by atoms with Crippen LogP contribution in [0.4, 0.5) is 0 Å². The lowest BCUT2D eigenvalue weighted by molar-refractivity contribution is 0.103. The third-order valence-corrected chi connectivity index (χ3v) is 3.07. The molecule has 0 saturated carbocycles. The van der Waals surface area contributed by atoms with E-state index in [0.29, 0.717) is 10.6 Å². The van der Waals surface area contributed by atoms with Gasteiger partial charge in [0.25, 0.3) is 0 Å². The smallest absolute Gasteiger partial charge is 0.193 e. The average molecular weight is 245 g/mol. The summed E-state index contributed by atoms with van der Waals surface area (Å²) in [5.41, 5.74) is 3.47. The Morgan fingerprint density at radius 2 is 1.47 bits per heavy atom. The fourth-order valence-electron chi connectivity index (χ4n) is 1.92. The number of aryl methyl sites for hydroxylation is 2. The van der Waals surface area contributed by atoms with Gasteiger partial charge < -0.3 is 0 Å². The van der Waals surface area contributed by atoms with Crippen molar-refractivity contribution in [1.29, 1.82) is 0 Å². The summed E-state index contributed by atoms with van der Waals surface area (Å²) in [6.45, 7) is 3.91. The van der Waals surface area contributed by atoms with Crippen LogP contribution < -0.4 is 0 Å². The lowest BCUT2D eigenvalue weighted by atomic mass is 9.95. The van der Waals surface area contributed by atoms with Crippen molar-refractivity contribution in [3.63, 3.8) is 0 Å². The van der Waals surface area contributed by atoms with Crippen molar-refractivity contribution in [2.24, 2.45) is 0 Å². The summed E-state index contributed by atoms with van der Waals surface area (Å²) in [6.07, 6.45) is 0. The molecule has 0 spiro atoms. The second-order valence-corrected chi connectivity index (χ2v) is 4.54. The Bertz CT molecular complexity index is 535. The number of ketones is 1. The minimum Gasteiger partial charge on any atom is -0.289 e. The predicted octanol–water partition coefficient (Wildman–Crippen LogP) is 4.19. The molecule has 2 aromatic rings. The van der Waals surface area contributed by atoms with Crippen LogP contribution in [-0.2, 0) is 0 Å². The van der Waals surface area contributed by atoms with Crippen LogP contribution >= 0.6 is 11.6 Å².